The van der Waals surface area contributed by atoms with E-state index in [4.69, 9.17) is 0 Å². The van der Waals surface area contributed by atoms with Crippen molar-refractivity contribution in [2.24, 2.45) is 0 Å². The molecular formula is C13H19NO. The number of β-amino-alcohol motifs (C(OH)–C–C–N with tert-alkyl or cyclic N) is 1. The first kappa shape index (κ1) is 10.7. The standard InChI is InChI=1S/C13H19NO/c1-10(2)14-8-12(13(15)9-14)11-6-4-3-5-7-11/h3-7,10,12-13,15H,8-9H2,1-2H3/t12-,13+/m1/s1. The maximum absolute atomic E-state index is 10.0. The SMILES string of the molecule is CC(C)N1C[C@H](c2ccccc2)[C@@H](O)C1. The summed E-state index contributed by atoms with van der Waals surface area (Å²) in [5.41, 5.74) is 1.26. The van der Waals surface area contributed by atoms with E-state index in [2.05, 4.69) is 30.9 Å². The molecule has 0 amide bonds. The Balaban J connectivity index is 2.12. The van der Waals surface area contributed by atoms with Gasteiger partial charge in [0, 0.05) is 25.0 Å². The Labute approximate surface area is 91.5 Å². The lowest BCUT2D eigenvalue weighted by atomic mass is 9.96. The molecule has 1 aromatic rings. The molecule has 2 atom stereocenters. The van der Waals surface area contributed by atoms with Crippen molar-refractivity contribution in [3.05, 3.63) is 35.9 Å². The van der Waals surface area contributed by atoms with Gasteiger partial charge in [-0.25, -0.2) is 0 Å². The Morgan fingerprint density at radius 3 is 2.40 bits per heavy atom. The third-order valence-corrected chi connectivity index (χ3v) is 3.28. The molecule has 82 valence electrons. The quantitative estimate of drug-likeness (QED) is 0.796. The molecule has 0 unspecified atom stereocenters. The van der Waals surface area contributed by atoms with E-state index in [1.807, 2.05) is 18.2 Å². The van der Waals surface area contributed by atoms with E-state index in [-0.39, 0.29) is 12.0 Å². The molecule has 1 aromatic carbocycles. The number of aliphatic hydroxyl groups excluding tert-OH is 1. The Bertz CT molecular complexity index is 310. The van der Waals surface area contributed by atoms with Gasteiger partial charge in [-0.3, -0.25) is 4.90 Å². The van der Waals surface area contributed by atoms with E-state index < -0.39 is 0 Å². The first-order chi connectivity index (χ1) is 7.18. The molecule has 0 spiro atoms. The Morgan fingerprint density at radius 1 is 1.20 bits per heavy atom. The third-order valence-electron chi connectivity index (χ3n) is 3.28. The molecule has 1 saturated heterocycles. The molecule has 15 heavy (non-hydrogen) atoms. The minimum atomic E-state index is -0.213. The lowest BCUT2D eigenvalue weighted by molar-refractivity contribution is 0.157. The largest absolute Gasteiger partial charge is 0.391 e. The molecule has 0 aromatic heterocycles. The highest BCUT2D eigenvalue weighted by molar-refractivity contribution is 5.22. The van der Waals surface area contributed by atoms with Crippen LogP contribution in [0.2, 0.25) is 0 Å². The van der Waals surface area contributed by atoms with Crippen LogP contribution >= 0.6 is 0 Å². The van der Waals surface area contributed by atoms with E-state index in [1.54, 1.807) is 0 Å². The normalized spacial score (nSPS) is 27.5. The Morgan fingerprint density at radius 2 is 1.87 bits per heavy atom. The Hall–Kier alpha value is -0.860. The van der Waals surface area contributed by atoms with E-state index in [9.17, 15) is 5.11 Å². The molecular weight excluding hydrogens is 186 g/mol. The molecule has 0 radical (unpaired) electrons. The fraction of sp³-hybridized carbons (Fsp3) is 0.538. The van der Waals surface area contributed by atoms with Crippen LogP contribution in [0.5, 0.6) is 0 Å². The number of likely N-dealkylation sites (tertiary alicyclic amines) is 1. The van der Waals surface area contributed by atoms with Crippen LogP contribution in [0.3, 0.4) is 0 Å². The van der Waals surface area contributed by atoms with Crippen molar-refractivity contribution < 1.29 is 5.11 Å². The van der Waals surface area contributed by atoms with Gasteiger partial charge in [0.2, 0.25) is 0 Å². The molecule has 0 saturated carbocycles. The average Bonchev–Trinajstić information content (AvgIpc) is 2.62. The fourth-order valence-electron chi connectivity index (χ4n) is 2.27. The van der Waals surface area contributed by atoms with E-state index >= 15 is 0 Å². The predicted octanol–water partition coefficient (Wildman–Crippen LogP) is 1.86. The first-order valence-electron chi connectivity index (χ1n) is 5.65. The van der Waals surface area contributed by atoms with Gasteiger partial charge in [-0.05, 0) is 19.4 Å². The van der Waals surface area contributed by atoms with Gasteiger partial charge in [-0.1, -0.05) is 30.3 Å². The summed E-state index contributed by atoms with van der Waals surface area (Å²) in [5.74, 6) is 0.286. The minimum absolute atomic E-state index is 0.213. The number of hydrogen-bond acceptors (Lipinski definition) is 2. The van der Waals surface area contributed by atoms with E-state index in [0.717, 1.165) is 13.1 Å². The van der Waals surface area contributed by atoms with Gasteiger partial charge in [0.15, 0.2) is 0 Å². The molecule has 1 aliphatic heterocycles. The summed E-state index contributed by atoms with van der Waals surface area (Å²) in [6.07, 6.45) is -0.213. The summed E-state index contributed by atoms with van der Waals surface area (Å²) in [4.78, 5) is 2.34. The zero-order valence-corrected chi connectivity index (χ0v) is 9.43. The second-order valence-electron chi connectivity index (χ2n) is 4.63. The van der Waals surface area contributed by atoms with Crippen molar-refractivity contribution in [3.8, 4) is 0 Å². The Kier molecular flexibility index (Phi) is 3.08. The average molecular weight is 205 g/mol. The number of rotatable bonds is 2. The van der Waals surface area contributed by atoms with Gasteiger partial charge in [0.05, 0.1) is 6.10 Å². The summed E-state index contributed by atoms with van der Waals surface area (Å²) in [6.45, 7) is 6.14. The third kappa shape index (κ3) is 2.21. The van der Waals surface area contributed by atoms with Crippen LogP contribution in [0.4, 0.5) is 0 Å². The topological polar surface area (TPSA) is 23.5 Å². The maximum atomic E-state index is 10.0. The van der Waals surface area contributed by atoms with Crippen molar-refractivity contribution in [3.63, 3.8) is 0 Å². The smallest absolute Gasteiger partial charge is 0.0747 e. The van der Waals surface area contributed by atoms with Gasteiger partial charge in [0.25, 0.3) is 0 Å². The van der Waals surface area contributed by atoms with Crippen LogP contribution < -0.4 is 0 Å². The summed E-state index contributed by atoms with van der Waals surface area (Å²) in [5, 5.41) is 10.0. The number of hydrogen-bond donors (Lipinski definition) is 1. The molecule has 2 nitrogen and oxygen atoms in total. The van der Waals surface area contributed by atoms with Gasteiger partial charge in [0.1, 0.15) is 0 Å². The van der Waals surface area contributed by atoms with Crippen LogP contribution in [0.1, 0.15) is 25.3 Å². The molecule has 2 rings (SSSR count). The molecule has 2 heteroatoms. The van der Waals surface area contributed by atoms with Gasteiger partial charge in [-0.2, -0.15) is 0 Å². The first-order valence-corrected chi connectivity index (χ1v) is 5.65. The highest BCUT2D eigenvalue weighted by Gasteiger charge is 2.33. The van der Waals surface area contributed by atoms with Gasteiger partial charge in [-0.15, -0.1) is 0 Å². The van der Waals surface area contributed by atoms with Gasteiger partial charge >= 0.3 is 0 Å². The second-order valence-corrected chi connectivity index (χ2v) is 4.63. The second kappa shape index (κ2) is 4.33. The lowest BCUT2D eigenvalue weighted by Crippen LogP contribution is -2.29. The van der Waals surface area contributed by atoms with Crippen molar-refractivity contribution in [2.45, 2.75) is 31.9 Å². The summed E-state index contributed by atoms with van der Waals surface area (Å²) in [6, 6.07) is 10.8. The number of aliphatic hydroxyl groups is 1. The highest BCUT2D eigenvalue weighted by atomic mass is 16.3. The van der Waals surface area contributed by atoms with Crippen molar-refractivity contribution in [1.29, 1.82) is 0 Å². The fourth-order valence-corrected chi connectivity index (χ4v) is 2.27. The van der Waals surface area contributed by atoms with Crippen LogP contribution in [0, 0.1) is 0 Å². The molecule has 1 fully saturated rings. The van der Waals surface area contributed by atoms with Gasteiger partial charge < -0.3 is 5.11 Å². The van der Waals surface area contributed by atoms with Crippen LogP contribution in [0.25, 0.3) is 0 Å². The highest BCUT2D eigenvalue weighted by Crippen LogP contribution is 2.28. The molecule has 0 bridgehead atoms. The summed E-state index contributed by atoms with van der Waals surface area (Å²) < 4.78 is 0. The number of benzene rings is 1. The van der Waals surface area contributed by atoms with Crippen molar-refractivity contribution in [1.82, 2.24) is 4.90 Å². The van der Waals surface area contributed by atoms with Crippen LogP contribution in [0.15, 0.2) is 30.3 Å². The molecule has 1 heterocycles. The maximum Gasteiger partial charge on any atom is 0.0747 e. The van der Waals surface area contributed by atoms with Crippen LogP contribution in [-0.4, -0.2) is 35.2 Å². The van der Waals surface area contributed by atoms with Crippen molar-refractivity contribution in [2.75, 3.05) is 13.1 Å². The van der Waals surface area contributed by atoms with Crippen molar-refractivity contribution >= 4 is 0 Å². The monoisotopic (exact) mass is 205 g/mol. The van der Waals surface area contributed by atoms with E-state index in [1.165, 1.54) is 5.56 Å². The summed E-state index contributed by atoms with van der Waals surface area (Å²) >= 11 is 0. The molecule has 1 aliphatic rings. The summed E-state index contributed by atoms with van der Waals surface area (Å²) in [7, 11) is 0. The zero-order valence-electron chi connectivity index (χ0n) is 9.43. The van der Waals surface area contributed by atoms with E-state index in [0.29, 0.717) is 6.04 Å². The number of nitrogens with zero attached hydrogens (tertiary/aromatic N) is 1. The minimum Gasteiger partial charge on any atom is -0.391 e. The predicted molar refractivity (Wildman–Crippen MR) is 61.9 cm³/mol. The molecule has 1 N–H and O–H groups in total. The van der Waals surface area contributed by atoms with Crippen LogP contribution in [-0.2, 0) is 0 Å². The lowest BCUT2D eigenvalue weighted by Gasteiger charge is -2.19. The zero-order chi connectivity index (χ0) is 10.8. The molecule has 0 aliphatic carbocycles.